The van der Waals surface area contributed by atoms with Crippen LogP contribution in [0.3, 0.4) is 0 Å². The van der Waals surface area contributed by atoms with E-state index in [1.54, 1.807) is 24.3 Å². The highest BCUT2D eigenvalue weighted by molar-refractivity contribution is 6.01. The minimum absolute atomic E-state index is 0.0887. The lowest BCUT2D eigenvalue weighted by Gasteiger charge is -2.11. The Morgan fingerprint density at radius 1 is 1.14 bits per heavy atom. The van der Waals surface area contributed by atoms with Crippen LogP contribution < -0.4 is 10.1 Å². The van der Waals surface area contributed by atoms with Gasteiger partial charge in [-0.2, -0.15) is 10.5 Å². The number of nitriles is 2. The van der Waals surface area contributed by atoms with Gasteiger partial charge in [-0.1, -0.05) is 37.1 Å². The normalized spacial score (nSPS) is 14.1. The van der Waals surface area contributed by atoms with Gasteiger partial charge >= 0.3 is 0 Å². The van der Waals surface area contributed by atoms with Crippen molar-refractivity contribution in [2.24, 2.45) is 0 Å². The van der Waals surface area contributed by atoms with Gasteiger partial charge in [-0.05, 0) is 54.3 Å². The molecule has 0 atom stereocenters. The van der Waals surface area contributed by atoms with Gasteiger partial charge in [0.15, 0.2) is 0 Å². The Balaban J connectivity index is 1.67. The number of carbonyl (C=O) groups is 1. The maximum atomic E-state index is 12.3. The molecule has 5 heteroatoms. The standard InChI is InChI=1S/C23H21N3O2/c24-14-18-6-3-7-19(11-18)16-28-22-10-4-5-17(13-22)12-20(15-25)23(27)26-21-8-1-2-9-21/h3-7,10-13,21H,1-2,8-9,16H2,(H,26,27)/b20-12+. The first kappa shape index (κ1) is 19.2. The van der Waals surface area contributed by atoms with Crippen molar-refractivity contribution in [2.75, 3.05) is 0 Å². The summed E-state index contributed by atoms with van der Waals surface area (Å²) in [6.07, 6.45) is 5.76. The summed E-state index contributed by atoms with van der Waals surface area (Å²) in [5, 5.41) is 21.3. The second kappa shape index (κ2) is 9.39. The first-order valence-electron chi connectivity index (χ1n) is 9.32. The number of amides is 1. The molecule has 2 aromatic rings. The lowest BCUT2D eigenvalue weighted by atomic mass is 10.1. The Kier molecular flexibility index (Phi) is 6.44. The lowest BCUT2D eigenvalue weighted by Crippen LogP contribution is -2.33. The van der Waals surface area contributed by atoms with Crippen LogP contribution in [0.4, 0.5) is 0 Å². The molecule has 0 spiro atoms. The Labute approximate surface area is 164 Å². The maximum Gasteiger partial charge on any atom is 0.262 e. The summed E-state index contributed by atoms with van der Waals surface area (Å²) < 4.78 is 5.79. The number of benzene rings is 2. The van der Waals surface area contributed by atoms with Crippen LogP contribution in [0.25, 0.3) is 6.08 Å². The van der Waals surface area contributed by atoms with E-state index in [4.69, 9.17) is 10.00 Å². The van der Waals surface area contributed by atoms with E-state index in [1.807, 2.05) is 36.4 Å². The molecule has 1 fully saturated rings. The maximum absolute atomic E-state index is 12.3. The molecule has 1 saturated carbocycles. The minimum atomic E-state index is -0.325. The molecule has 5 nitrogen and oxygen atoms in total. The van der Waals surface area contributed by atoms with E-state index in [1.165, 1.54) is 0 Å². The average Bonchev–Trinajstić information content (AvgIpc) is 3.24. The molecule has 1 N–H and O–H groups in total. The smallest absolute Gasteiger partial charge is 0.262 e. The molecule has 0 aliphatic heterocycles. The lowest BCUT2D eigenvalue weighted by molar-refractivity contribution is -0.117. The zero-order chi connectivity index (χ0) is 19.8. The number of hydrogen-bond acceptors (Lipinski definition) is 4. The first-order chi connectivity index (χ1) is 13.7. The molecule has 140 valence electrons. The molecule has 0 aromatic heterocycles. The molecule has 28 heavy (non-hydrogen) atoms. The van der Waals surface area contributed by atoms with E-state index in [0.717, 1.165) is 36.8 Å². The topological polar surface area (TPSA) is 85.9 Å². The van der Waals surface area contributed by atoms with Gasteiger partial charge in [0, 0.05) is 6.04 Å². The third-order valence-corrected chi connectivity index (χ3v) is 4.69. The van der Waals surface area contributed by atoms with Crippen LogP contribution in [0.2, 0.25) is 0 Å². The number of ether oxygens (including phenoxy) is 1. The van der Waals surface area contributed by atoms with E-state index in [2.05, 4.69) is 11.4 Å². The minimum Gasteiger partial charge on any atom is -0.489 e. The average molecular weight is 371 g/mol. The van der Waals surface area contributed by atoms with Crippen LogP contribution in [0.1, 0.15) is 42.4 Å². The zero-order valence-electron chi connectivity index (χ0n) is 15.5. The number of carbonyl (C=O) groups excluding carboxylic acids is 1. The van der Waals surface area contributed by atoms with Crippen molar-refractivity contribution in [1.29, 1.82) is 10.5 Å². The van der Waals surface area contributed by atoms with Crippen LogP contribution in [0.15, 0.2) is 54.1 Å². The summed E-state index contributed by atoms with van der Waals surface area (Å²) >= 11 is 0. The third kappa shape index (κ3) is 5.22. The SMILES string of the molecule is N#C/C(=C\c1cccc(OCc2cccc(C#N)c2)c1)C(=O)NC1CCCC1. The van der Waals surface area contributed by atoms with Gasteiger partial charge in [-0.25, -0.2) is 0 Å². The fourth-order valence-corrected chi connectivity index (χ4v) is 3.24. The van der Waals surface area contributed by atoms with Crippen LogP contribution in [-0.4, -0.2) is 11.9 Å². The van der Waals surface area contributed by atoms with Gasteiger partial charge in [0.1, 0.15) is 24.0 Å². The quantitative estimate of drug-likeness (QED) is 0.612. The Morgan fingerprint density at radius 3 is 2.68 bits per heavy atom. The van der Waals surface area contributed by atoms with E-state index in [-0.39, 0.29) is 17.5 Å². The molecule has 0 heterocycles. The van der Waals surface area contributed by atoms with Crippen molar-refractivity contribution in [3.05, 3.63) is 70.8 Å². The summed E-state index contributed by atoms with van der Waals surface area (Å²) in [4.78, 5) is 12.3. The van der Waals surface area contributed by atoms with Crippen LogP contribution in [0.5, 0.6) is 5.75 Å². The van der Waals surface area contributed by atoms with Crippen molar-refractivity contribution in [1.82, 2.24) is 5.32 Å². The summed E-state index contributed by atoms with van der Waals surface area (Å²) in [7, 11) is 0. The van der Waals surface area contributed by atoms with E-state index in [9.17, 15) is 10.1 Å². The van der Waals surface area contributed by atoms with Crippen molar-refractivity contribution in [3.63, 3.8) is 0 Å². The van der Waals surface area contributed by atoms with Crippen LogP contribution >= 0.6 is 0 Å². The molecule has 0 radical (unpaired) electrons. The molecule has 1 aliphatic carbocycles. The Hall–Kier alpha value is -3.57. The van der Waals surface area contributed by atoms with Crippen molar-refractivity contribution >= 4 is 12.0 Å². The van der Waals surface area contributed by atoms with E-state index >= 15 is 0 Å². The van der Waals surface area contributed by atoms with Crippen molar-refractivity contribution < 1.29 is 9.53 Å². The molecule has 1 aliphatic rings. The molecular weight excluding hydrogens is 350 g/mol. The molecule has 0 bridgehead atoms. The fourth-order valence-electron chi connectivity index (χ4n) is 3.24. The molecule has 0 saturated heterocycles. The molecular formula is C23H21N3O2. The largest absolute Gasteiger partial charge is 0.489 e. The number of nitrogens with zero attached hydrogens (tertiary/aromatic N) is 2. The summed E-state index contributed by atoms with van der Waals surface area (Å²) in [5.74, 6) is 0.304. The highest BCUT2D eigenvalue weighted by atomic mass is 16.5. The van der Waals surface area contributed by atoms with E-state index in [0.29, 0.717) is 17.9 Å². The fraction of sp³-hybridized carbons (Fsp3) is 0.261. The Morgan fingerprint density at radius 2 is 1.93 bits per heavy atom. The number of nitrogens with one attached hydrogen (secondary N) is 1. The van der Waals surface area contributed by atoms with Crippen LogP contribution in [0, 0.1) is 22.7 Å². The van der Waals surface area contributed by atoms with Gasteiger partial charge < -0.3 is 10.1 Å². The third-order valence-electron chi connectivity index (χ3n) is 4.69. The van der Waals surface area contributed by atoms with Crippen molar-refractivity contribution in [3.8, 4) is 17.9 Å². The van der Waals surface area contributed by atoms with Gasteiger partial charge in [0.05, 0.1) is 11.6 Å². The van der Waals surface area contributed by atoms with Crippen molar-refractivity contribution in [2.45, 2.75) is 38.3 Å². The van der Waals surface area contributed by atoms with Crippen LogP contribution in [-0.2, 0) is 11.4 Å². The zero-order valence-corrected chi connectivity index (χ0v) is 15.5. The predicted molar refractivity (Wildman–Crippen MR) is 106 cm³/mol. The molecule has 3 rings (SSSR count). The second-order valence-corrected chi connectivity index (χ2v) is 6.80. The highest BCUT2D eigenvalue weighted by Crippen LogP contribution is 2.20. The number of hydrogen-bond donors (Lipinski definition) is 1. The summed E-state index contributed by atoms with van der Waals surface area (Å²) in [6, 6.07) is 18.7. The Bertz CT molecular complexity index is 960. The van der Waals surface area contributed by atoms with Gasteiger partial charge in [0.2, 0.25) is 0 Å². The first-order valence-corrected chi connectivity index (χ1v) is 9.32. The summed E-state index contributed by atoms with van der Waals surface area (Å²) in [6.45, 7) is 0.329. The molecule has 1 amide bonds. The van der Waals surface area contributed by atoms with Gasteiger partial charge in [-0.15, -0.1) is 0 Å². The summed E-state index contributed by atoms with van der Waals surface area (Å²) in [5.41, 5.74) is 2.30. The van der Waals surface area contributed by atoms with E-state index < -0.39 is 0 Å². The second-order valence-electron chi connectivity index (χ2n) is 6.80. The monoisotopic (exact) mass is 371 g/mol. The number of rotatable bonds is 6. The van der Waals surface area contributed by atoms with Gasteiger partial charge in [-0.3, -0.25) is 4.79 Å². The molecule has 2 aromatic carbocycles. The predicted octanol–water partition coefficient (Wildman–Crippen LogP) is 4.10. The molecule has 0 unspecified atom stereocenters. The van der Waals surface area contributed by atoms with Gasteiger partial charge in [0.25, 0.3) is 5.91 Å². The highest BCUT2D eigenvalue weighted by Gasteiger charge is 2.19.